The van der Waals surface area contributed by atoms with Crippen LogP contribution in [0.4, 0.5) is 22.7 Å². The lowest BCUT2D eigenvalue weighted by Crippen LogP contribution is -2.14. The lowest BCUT2D eigenvalue weighted by molar-refractivity contribution is 0.102. The highest BCUT2D eigenvalue weighted by Gasteiger charge is 2.09. The Bertz CT molecular complexity index is 922. The third-order valence-corrected chi connectivity index (χ3v) is 4.10. The molecule has 2 N–H and O–H groups in total. The summed E-state index contributed by atoms with van der Waals surface area (Å²) < 4.78 is 5.61. The fourth-order valence-electron chi connectivity index (χ4n) is 2.65. The molecule has 3 rings (SSSR count). The average molecular weight is 376 g/mol. The predicted molar refractivity (Wildman–Crippen MR) is 114 cm³/mol. The highest BCUT2D eigenvalue weighted by atomic mass is 16.5. The van der Waals surface area contributed by atoms with Crippen molar-refractivity contribution in [3.8, 4) is 5.75 Å². The molecule has 0 fully saturated rings. The maximum Gasteiger partial charge on any atom is 0.274 e. The quantitative estimate of drug-likeness (QED) is 0.634. The second-order valence-corrected chi connectivity index (χ2v) is 6.38. The van der Waals surface area contributed by atoms with Crippen LogP contribution in [-0.2, 0) is 0 Å². The molecule has 0 radical (unpaired) electrons. The number of pyridine rings is 1. The van der Waals surface area contributed by atoms with Gasteiger partial charge in [-0.2, -0.15) is 0 Å². The minimum absolute atomic E-state index is 0.251. The van der Waals surface area contributed by atoms with Gasteiger partial charge in [0.15, 0.2) is 0 Å². The van der Waals surface area contributed by atoms with E-state index >= 15 is 0 Å². The van der Waals surface area contributed by atoms with E-state index < -0.39 is 0 Å². The Hall–Kier alpha value is -3.54. The summed E-state index contributed by atoms with van der Waals surface area (Å²) in [5.41, 5.74) is 3.77. The van der Waals surface area contributed by atoms with Gasteiger partial charge in [-0.1, -0.05) is 12.1 Å². The minimum Gasteiger partial charge on any atom is -0.492 e. The van der Waals surface area contributed by atoms with Crippen molar-refractivity contribution in [3.05, 3.63) is 72.6 Å². The fourth-order valence-corrected chi connectivity index (χ4v) is 2.65. The van der Waals surface area contributed by atoms with Crippen molar-refractivity contribution in [2.75, 3.05) is 36.2 Å². The van der Waals surface area contributed by atoms with Crippen molar-refractivity contribution < 1.29 is 9.53 Å². The molecule has 1 amide bonds. The van der Waals surface area contributed by atoms with Crippen LogP contribution in [0.3, 0.4) is 0 Å². The molecular formula is C22H24N4O2. The van der Waals surface area contributed by atoms with E-state index in [9.17, 15) is 4.79 Å². The number of nitrogens with one attached hydrogen (secondary N) is 2. The van der Waals surface area contributed by atoms with Crippen LogP contribution in [0.15, 0.2) is 66.9 Å². The molecule has 3 aromatic rings. The Balaban J connectivity index is 1.66. The normalized spacial score (nSPS) is 10.2. The zero-order valence-corrected chi connectivity index (χ0v) is 16.3. The second kappa shape index (κ2) is 8.90. The van der Waals surface area contributed by atoms with Crippen LogP contribution in [-0.4, -0.2) is 31.6 Å². The maximum atomic E-state index is 12.4. The molecule has 0 bridgehead atoms. The number of hydrogen-bond donors (Lipinski definition) is 2. The maximum absolute atomic E-state index is 12.4. The molecule has 0 unspecified atom stereocenters. The van der Waals surface area contributed by atoms with Gasteiger partial charge in [-0.25, -0.2) is 4.98 Å². The first kappa shape index (κ1) is 19.2. The van der Waals surface area contributed by atoms with Crippen molar-refractivity contribution in [1.82, 2.24) is 4.98 Å². The molecule has 0 saturated carbocycles. The summed E-state index contributed by atoms with van der Waals surface area (Å²) in [4.78, 5) is 18.7. The van der Waals surface area contributed by atoms with Gasteiger partial charge in [-0.05, 0) is 55.5 Å². The Kier molecular flexibility index (Phi) is 6.11. The summed E-state index contributed by atoms with van der Waals surface area (Å²) in [6.07, 6.45) is 1.63. The number of ether oxygens (including phenoxy) is 1. The number of anilines is 4. The van der Waals surface area contributed by atoms with Crippen molar-refractivity contribution in [2.45, 2.75) is 6.92 Å². The summed E-state index contributed by atoms with van der Waals surface area (Å²) >= 11 is 0. The number of para-hydroxylation sites is 2. The summed E-state index contributed by atoms with van der Waals surface area (Å²) in [5, 5.41) is 6.13. The van der Waals surface area contributed by atoms with Crippen LogP contribution < -0.4 is 20.3 Å². The summed E-state index contributed by atoms with van der Waals surface area (Å²) in [6.45, 7) is 2.53. The van der Waals surface area contributed by atoms with Crippen LogP contribution in [0.2, 0.25) is 0 Å². The van der Waals surface area contributed by atoms with E-state index in [4.69, 9.17) is 4.74 Å². The zero-order chi connectivity index (χ0) is 19.9. The van der Waals surface area contributed by atoms with Gasteiger partial charge in [0.05, 0.1) is 24.2 Å². The topological polar surface area (TPSA) is 66.5 Å². The lowest BCUT2D eigenvalue weighted by atomic mass is 10.2. The van der Waals surface area contributed by atoms with Crippen molar-refractivity contribution in [1.29, 1.82) is 0 Å². The molecule has 0 spiro atoms. The van der Waals surface area contributed by atoms with Gasteiger partial charge in [-0.15, -0.1) is 0 Å². The number of benzene rings is 2. The average Bonchev–Trinajstić information content (AvgIpc) is 2.70. The third kappa shape index (κ3) is 4.79. The van der Waals surface area contributed by atoms with Crippen LogP contribution in [0.25, 0.3) is 0 Å². The Morgan fingerprint density at radius 1 is 1.00 bits per heavy atom. The number of carbonyl (C=O) groups excluding carboxylic acids is 1. The van der Waals surface area contributed by atoms with Gasteiger partial charge in [0.1, 0.15) is 11.4 Å². The molecule has 144 valence electrons. The molecule has 0 aliphatic heterocycles. The molecule has 0 aliphatic rings. The predicted octanol–water partition coefficient (Wildman–Crippen LogP) is 4.54. The summed E-state index contributed by atoms with van der Waals surface area (Å²) in [6, 6.07) is 18.8. The third-order valence-electron chi connectivity index (χ3n) is 4.10. The molecule has 1 aromatic heterocycles. The van der Waals surface area contributed by atoms with Gasteiger partial charge >= 0.3 is 0 Å². The fraction of sp³-hybridized carbons (Fsp3) is 0.182. The molecule has 2 aromatic carbocycles. The first-order chi connectivity index (χ1) is 13.6. The van der Waals surface area contributed by atoms with E-state index in [2.05, 4.69) is 15.6 Å². The Morgan fingerprint density at radius 3 is 2.36 bits per heavy atom. The standard InChI is InChI=1S/C22H24N4O2/c1-4-28-21-8-6-5-7-19(21)24-17-11-14-20(23-15-17)22(27)25-16-9-12-18(13-10-16)26(2)3/h5-15,24H,4H2,1-3H3,(H,25,27). The molecule has 0 atom stereocenters. The number of amides is 1. The number of hydrogen-bond acceptors (Lipinski definition) is 5. The number of aromatic nitrogens is 1. The molecule has 28 heavy (non-hydrogen) atoms. The van der Waals surface area contributed by atoms with E-state index in [0.717, 1.165) is 28.5 Å². The van der Waals surface area contributed by atoms with E-state index in [1.807, 2.05) is 80.5 Å². The molecule has 0 aliphatic carbocycles. The highest BCUT2D eigenvalue weighted by Crippen LogP contribution is 2.27. The summed E-state index contributed by atoms with van der Waals surface area (Å²) in [7, 11) is 3.94. The summed E-state index contributed by atoms with van der Waals surface area (Å²) in [5.74, 6) is 0.520. The largest absolute Gasteiger partial charge is 0.492 e. The van der Waals surface area contributed by atoms with Gasteiger partial charge in [-0.3, -0.25) is 4.79 Å². The molecular weight excluding hydrogens is 352 g/mol. The van der Waals surface area contributed by atoms with Gasteiger partial charge < -0.3 is 20.3 Å². The second-order valence-electron chi connectivity index (χ2n) is 6.38. The molecule has 6 nitrogen and oxygen atoms in total. The smallest absolute Gasteiger partial charge is 0.274 e. The molecule has 6 heteroatoms. The van der Waals surface area contributed by atoms with E-state index in [-0.39, 0.29) is 5.91 Å². The van der Waals surface area contributed by atoms with Gasteiger partial charge in [0.2, 0.25) is 0 Å². The first-order valence-corrected chi connectivity index (χ1v) is 9.10. The zero-order valence-electron chi connectivity index (χ0n) is 16.3. The van der Waals surface area contributed by atoms with Crippen LogP contribution >= 0.6 is 0 Å². The first-order valence-electron chi connectivity index (χ1n) is 9.10. The van der Waals surface area contributed by atoms with E-state index in [0.29, 0.717) is 12.3 Å². The van der Waals surface area contributed by atoms with Crippen molar-refractivity contribution in [2.24, 2.45) is 0 Å². The minimum atomic E-state index is -0.251. The Labute approximate surface area is 165 Å². The van der Waals surface area contributed by atoms with Crippen molar-refractivity contribution in [3.63, 3.8) is 0 Å². The van der Waals surface area contributed by atoms with Crippen molar-refractivity contribution >= 4 is 28.7 Å². The monoisotopic (exact) mass is 376 g/mol. The van der Waals surface area contributed by atoms with Crippen LogP contribution in [0.5, 0.6) is 5.75 Å². The highest BCUT2D eigenvalue weighted by molar-refractivity contribution is 6.03. The van der Waals surface area contributed by atoms with E-state index in [1.54, 1.807) is 12.3 Å². The van der Waals surface area contributed by atoms with Crippen LogP contribution in [0, 0.1) is 0 Å². The van der Waals surface area contributed by atoms with Gasteiger partial charge in [0, 0.05) is 25.5 Å². The van der Waals surface area contributed by atoms with E-state index in [1.165, 1.54) is 0 Å². The Morgan fingerprint density at radius 2 is 1.71 bits per heavy atom. The lowest BCUT2D eigenvalue weighted by Gasteiger charge is -2.13. The molecule has 1 heterocycles. The number of carbonyl (C=O) groups is 1. The molecule has 0 saturated heterocycles. The van der Waals surface area contributed by atoms with Crippen LogP contribution in [0.1, 0.15) is 17.4 Å². The van der Waals surface area contributed by atoms with Gasteiger partial charge in [0.25, 0.3) is 5.91 Å². The number of rotatable bonds is 7. The number of nitrogens with zero attached hydrogens (tertiary/aromatic N) is 2. The SMILES string of the molecule is CCOc1ccccc1Nc1ccc(C(=O)Nc2ccc(N(C)C)cc2)nc1.